The fourth-order valence-electron chi connectivity index (χ4n) is 0.890. The number of carboxylic acids is 1. The van der Waals surface area contributed by atoms with Crippen LogP contribution in [-0.2, 0) is 15.0 Å². The molecule has 10 nitrogen and oxygen atoms in total. The summed E-state index contributed by atoms with van der Waals surface area (Å²) in [6, 6.07) is 5.27. The van der Waals surface area contributed by atoms with Gasteiger partial charge in [0.15, 0.2) is 5.15 Å². The van der Waals surface area contributed by atoms with E-state index < -0.39 is 28.1 Å². The van der Waals surface area contributed by atoms with E-state index in [9.17, 15) is 39.5 Å². The highest BCUT2D eigenvalue weighted by Crippen LogP contribution is 2.22. The first-order chi connectivity index (χ1) is 13.2. The normalized spacial score (nSPS) is 10.9. The zero-order valence-electron chi connectivity index (χ0n) is 13.3. The molecule has 2 aromatic rings. The zero-order valence-corrected chi connectivity index (χ0v) is 15.6. The lowest BCUT2D eigenvalue weighted by Crippen LogP contribution is -2.34. The van der Waals surface area contributed by atoms with Crippen molar-refractivity contribution in [1.29, 1.82) is 0 Å². The second-order valence-electron chi connectivity index (χ2n) is 4.08. The third kappa shape index (κ3) is 10.5. The number of carboxylic acid groups (broad SMARTS) is 1. The van der Waals surface area contributed by atoms with Gasteiger partial charge in [0.1, 0.15) is 5.15 Å². The summed E-state index contributed by atoms with van der Waals surface area (Å²) in [5.74, 6) is -3.28. The quantitative estimate of drug-likeness (QED) is 0.486. The molecule has 0 saturated carbocycles. The Morgan fingerprint density at radius 3 is 1.97 bits per heavy atom. The lowest BCUT2D eigenvalue weighted by Gasteiger charge is -2.02. The number of H-pyrrole nitrogens is 1. The lowest BCUT2D eigenvalue weighted by molar-refractivity contribution is -0.154. The molecule has 2 rings (SSSR count). The van der Waals surface area contributed by atoms with Gasteiger partial charge in [0.25, 0.3) is 5.56 Å². The van der Waals surface area contributed by atoms with Crippen molar-refractivity contribution in [2.45, 2.75) is 11.9 Å². The molecule has 2 N–H and O–H groups in total. The molecular weight excluding hydrogens is 482 g/mol. The summed E-state index contributed by atoms with van der Waals surface area (Å²) >= 11 is 10.7. The highest BCUT2D eigenvalue weighted by atomic mass is 35.5. The van der Waals surface area contributed by atoms with Gasteiger partial charge in [-0.15, -0.1) is 10.2 Å². The zero-order chi connectivity index (χ0) is 22.8. The van der Waals surface area contributed by atoms with Gasteiger partial charge in [0.05, 0.1) is 0 Å². The van der Waals surface area contributed by atoms with E-state index in [2.05, 4.69) is 25.1 Å². The predicted molar refractivity (Wildman–Crippen MR) is 86.2 cm³/mol. The minimum atomic E-state index is -6.33. The summed E-state index contributed by atoms with van der Waals surface area (Å²) in [5.41, 5.74) is -0.241. The molecule has 2 aromatic heterocycles. The Balaban J connectivity index is 0.000000410. The highest BCUT2D eigenvalue weighted by Gasteiger charge is 2.54. The van der Waals surface area contributed by atoms with Crippen LogP contribution in [0.4, 0.5) is 21.4 Å². The van der Waals surface area contributed by atoms with E-state index in [-0.39, 0.29) is 16.6 Å². The third-order valence-electron chi connectivity index (χ3n) is 2.02. The molecule has 0 aliphatic heterocycles. The third-order valence-corrected chi connectivity index (χ3v) is 3.22. The summed E-state index contributed by atoms with van der Waals surface area (Å²) in [7, 11) is -6.33. The molecule has 162 valence electrons. The van der Waals surface area contributed by atoms with Crippen LogP contribution in [0, 0.1) is 0 Å². The molecule has 0 atom stereocenters. The lowest BCUT2D eigenvalue weighted by atomic mass is 10.6. The van der Waals surface area contributed by atoms with Crippen LogP contribution in [0.25, 0.3) is 0 Å². The molecule has 0 bridgehead atoms. The molecule has 0 saturated heterocycles. The minimum absolute atomic E-state index is 0.131. The molecule has 0 aromatic carbocycles. The van der Waals surface area contributed by atoms with Crippen LogP contribution < -0.4 is 10.3 Å². The molecule has 0 radical (unpaired) electrons. The van der Waals surface area contributed by atoms with Crippen molar-refractivity contribution in [3.63, 3.8) is 0 Å². The van der Waals surface area contributed by atoms with Crippen LogP contribution in [0.3, 0.4) is 0 Å². The molecule has 0 aliphatic carbocycles. The van der Waals surface area contributed by atoms with E-state index in [0.29, 0.717) is 5.15 Å². The summed E-state index contributed by atoms with van der Waals surface area (Å²) in [6.45, 7) is -2.88. The average Bonchev–Trinajstić information content (AvgIpc) is 2.59. The standard InChI is InChI=1S/C5H3ClF2N2O.C4H3ClN2O.C2HF3O4S/c6-3-1-2-4(10-9-3)11-5(7)8;5-3-1-2-4(8)7-6-3;3-2(4,1(6)7)10(5,8)9/h1-2,5H;1-2H,(H,7,8);(H,6,7). The SMILES string of the molecule is FC(F)Oc1ccc(Cl)nn1.O=C(O)C(F)(F)S(=O)(=O)F.O=c1ccc(Cl)n[nH]1. The van der Waals surface area contributed by atoms with Crippen LogP contribution in [0.1, 0.15) is 0 Å². The molecule has 0 fully saturated rings. The van der Waals surface area contributed by atoms with Crippen LogP contribution >= 0.6 is 23.2 Å². The molecule has 0 aliphatic rings. The number of aromatic amines is 1. The predicted octanol–water partition coefficient (Wildman–Crippen LogP) is 2.12. The fourth-order valence-corrected chi connectivity index (χ4v) is 1.30. The van der Waals surface area contributed by atoms with E-state index in [1.54, 1.807) is 0 Å². The molecule has 0 unspecified atom stereocenters. The van der Waals surface area contributed by atoms with E-state index in [0.717, 1.165) is 0 Å². The van der Waals surface area contributed by atoms with Crippen LogP contribution in [0.2, 0.25) is 10.3 Å². The number of aromatic nitrogens is 4. The van der Waals surface area contributed by atoms with E-state index >= 15 is 0 Å². The van der Waals surface area contributed by atoms with Crippen molar-refractivity contribution >= 4 is 39.4 Å². The van der Waals surface area contributed by atoms with Crippen LogP contribution in [0.15, 0.2) is 29.1 Å². The first kappa shape index (κ1) is 26.4. The van der Waals surface area contributed by atoms with Gasteiger partial charge in [0, 0.05) is 12.1 Å². The number of aliphatic carboxylic acids is 1. The van der Waals surface area contributed by atoms with Gasteiger partial charge in [0.2, 0.25) is 5.88 Å². The monoisotopic (exact) mass is 488 g/mol. The molecule has 18 heteroatoms. The van der Waals surface area contributed by atoms with Crippen molar-refractivity contribution < 1.29 is 44.5 Å². The number of hydrogen-bond acceptors (Lipinski definition) is 8. The maximum Gasteiger partial charge on any atom is 0.470 e. The average molecular weight is 489 g/mol. The van der Waals surface area contributed by atoms with E-state index in [1.165, 1.54) is 24.3 Å². The Hall–Kier alpha value is -2.59. The van der Waals surface area contributed by atoms with Gasteiger partial charge >= 0.3 is 28.1 Å². The second kappa shape index (κ2) is 11.4. The summed E-state index contributed by atoms with van der Waals surface area (Å²) in [4.78, 5) is 19.5. The molecule has 0 amide bonds. The largest absolute Gasteiger partial charge is 0.476 e. The van der Waals surface area contributed by atoms with Gasteiger partial charge in [-0.25, -0.2) is 9.89 Å². The van der Waals surface area contributed by atoms with E-state index in [4.69, 9.17) is 28.3 Å². The fraction of sp³-hybridized carbons (Fsp3) is 0.182. The number of halogens is 7. The van der Waals surface area contributed by atoms with Crippen LogP contribution in [0.5, 0.6) is 5.88 Å². The number of ether oxygens (including phenoxy) is 1. The van der Waals surface area contributed by atoms with E-state index in [1.807, 2.05) is 0 Å². The van der Waals surface area contributed by atoms with Gasteiger partial charge in [-0.2, -0.15) is 31.1 Å². The Labute approximate surface area is 167 Å². The Bertz CT molecular complexity index is 940. The first-order valence-corrected chi connectivity index (χ1v) is 8.51. The number of alkyl halides is 4. The second-order valence-corrected chi connectivity index (χ2v) is 6.24. The topological polar surface area (TPSA) is 152 Å². The summed E-state index contributed by atoms with van der Waals surface area (Å²) in [5, 5.41) is 14.6. The maximum atomic E-state index is 11.5. The highest BCUT2D eigenvalue weighted by molar-refractivity contribution is 7.88. The van der Waals surface area contributed by atoms with Gasteiger partial charge in [-0.05, 0) is 12.1 Å². The molecular formula is C11H7Cl2F5N4O6S. The Kier molecular flexibility index (Phi) is 10.4. The number of hydrogen-bond donors (Lipinski definition) is 2. The van der Waals surface area contributed by atoms with Crippen LogP contribution in [-0.4, -0.2) is 51.8 Å². The Morgan fingerprint density at radius 1 is 1.14 bits per heavy atom. The molecule has 0 spiro atoms. The van der Waals surface area contributed by atoms with Crippen molar-refractivity contribution in [1.82, 2.24) is 20.4 Å². The summed E-state index contributed by atoms with van der Waals surface area (Å²) in [6.07, 6.45) is 0. The van der Waals surface area contributed by atoms with Gasteiger partial charge < -0.3 is 9.84 Å². The minimum Gasteiger partial charge on any atom is -0.476 e. The maximum absolute atomic E-state index is 11.5. The van der Waals surface area contributed by atoms with Gasteiger partial charge in [-0.1, -0.05) is 27.1 Å². The van der Waals surface area contributed by atoms with Crippen molar-refractivity contribution in [2.24, 2.45) is 0 Å². The summed E-state index contributed by atoms with van der Waals surface area (Å²) < 4.78 is 79.7. The Morgan fingerprint density at radius 2 is 1.69 bits per heavy atom. The number of carbonyl (C=O) groups is 1. The van der Waals surface area contributed by atoms with Gasteiger partial charge in [-0.3, -0.25) is 4.79 Å². The first-order valence-electron chi connectivity index (χ1n) is 6.37. The number of nitrogens with zero attached hydrogens (tertiary/aromatic N) is 3. The van der Waals surface area contributed by atoms with Crippen molar-refractivity contribution in [2.75, 3.05) is 0 Å². The van der Waals surface area contributed by atoms with Crippen molar-refractivity contribution in [3.8, 4) is 5.88 Å². The van der Waals surface area contributed by atoms with Crippen molar-refractivity contribution in [3.05, 3.63) is 44.9 Å². The molecule has 2 heterocycles. The molecule has 29 heavy (non-hydrogen) atoms. The number of rotatable bonds is 4. The number of nitrogens with one attached hydrogen (secondary N) is 1. The smallest absolute Gasteiger partial charge is 0.470 e.